The Morgan fingerprint density at radius 2 is 1.85 bits per heavy atom. The van der Waals surface area contributed by atoms with E-state index in [4.69, 9.17) is 4.74 Å². The monoisotopic (exact) mass is 450 g/mol. The molecule has 2 heterocycles. The number of benzene rings is 2. The van der Waals surface area contributed by atoms with Gasteiger partial charge in [-0.05, 0) is 47.9 Å². The molecule has 0 N–H and O–H groups in total. The number of carbonyl (C=O) groups excluding carboxylic acids is 1. The van der Waals surface area contributed by atoms with Crippen molar-refractivity contribution in [1.82, 2.24) is 18.7 Å². The molecule has 0 atom stereocenters. The van der Waals surface area contributed by atoms with Crippen LogP contribution in [0, 0.1) is 11.7 Å². The van der Waals surface area contributed by atoms with Gasteiger partial charge in [0.2, 0.25) is 0 Å². The van der Waals surface area contributed by atoms with Crippen molar-refractivity contribution in [3.05, 3.63) is 92.6 Å². The van der Waals surface area contributed by atoms with Gasteiger partial charge in [0.05, 0.1) is 24.7 Å². The van der Waals surface area contributed by atoms with Gasteiger partial charge >= 0.3 is 11.7 Å². The molecule has 0 bridgehead atoms. The Morgan fingerprint density at radius 3 is 2.52 bits per heavy atom. The molecule has 0 fully saturated rings. The molecule has 9 heteroatoms. The van der Waals surface area contributed by atoms with Crippen molar-refractivity contribution in [2.24, 2.45) is 5.92 Å². The molecule has 2 aromatic carbocycles. The second kappa shape index (κ2) is 8.85. The van der Waals surface area contributed by atoms with Crippen LogP contribution in [0.5, 0.6) is 0 Å². The van der Waals surface area contributed by atoms with Crippen LogP contribution in [-0.4, -0.2) is 31.8 Å². The Kier molecular flexibility index (Phi) is 5.95. The van der Waals surface area contributed by atoms with Crippen molar-refractivity contribution < 1.29 is 13.9 Å². The van der Waals surface area contributed by atoms with Gasteiger partial charge in [-0.15, -0.1) is 0 Å². The van der Waals surface area contributed by atoms with Crippen molar-refractivity contribution in [3.8, 4) is 5.69 Å². The summed E-state index contributed by atoms with van der Waals surface area (Å²) in [5, 5.41) is 0. The van der Waals surface area contributed by atoms with Gasteiger partial charge in [-0.3, -0.25) is 9.36 Å². The van der Waals surface area contributed by atoms with E-state index in [1.54, 1.807) is 22.8 Å². The first-order chi connectivity index (χ1) is 15.8. The molecule has 0 saturated heterocycles. The van der Waals surface area contributed by atoms with Crippen LogP contribution in [0.25, 0.3) is 16.9 Å². The lowest BCUT2D eigenvalue weighted by Gasteiger charge is -2.14. The molecule has 170 valence electrons. The van der Waals surface area contributed by atoms with Crippen LogP contribution in [0.15, 0.2) is 64.4 Å². The molecule has 0 aliphatic carbocycles. The van der Waals surface area contributed by atoms with Gasteiger partial charge in [-0.2, -0.15) is 0 Å². The molecule has 0 amide bonds. The minimum Gasteiger partial charge on any atom is -0.465 e. The van der Waals surface area contributed by atoms with Crippen molar-refractivity contribution in [1.29, 1.82) is 0 Å². The number of nitrogens with zero attached hydrogens (tertiary/aromatic N) is 4. The zero-order valence-corrected chi connectivity index (χ0v) is 18.5. The summed E-state index contributed by atoms with van der Waals surface area (Å²) >= 11 is 0. The number of methoxy groups -OCH3 is 1. The van der Waals surface area contributed by atoms with Gasteiger partial charge in [0, 0.05) is 13.1 Å². The molecule has 8 nitrogen and oxygen atoms in total. The second-order valence-corrected chi connectivity index (χ2v) is 8.14. The predicted octanol–water partition coefficient (Wildman–Crippen LogP) is 2.98. The molecule has 0 aliphatic heterocycles. The number of halogens is 1. The van der Waals surface area contributed by atoms with Gasteiger partial charge in [-0.1, -0.05) is 26.0 Å². The van der Waals surface area contributed by atoms with Crippen LogP contribution in [0.1, 0.15) is 29.8 Å². The van der Waals surface area contributed by atoms with Crippen molar-refractivity contribution in [3.63, 3.8) is 0 Å². The maximum atomic E-state index is 13.5. The zero-order chi connectivity index (χ0) is 23.7. The van der Waals surface area contributed by atoms with E-state index in [0.717, 1.165) is 5.56 Å². The summed E-state index contributed by atoms with van der Waals surface area (Å²) in [5.41, 5.74) is 0.978. The number of carbonyl (C=O) groups is 1. The number of hydrogen-bond donors (Lipinski definition) is 0. The maximum Gasteiger partial charge on any atom is 0.337 e. The minimum absolute atomic E-state index is 0.0441. The molecule has 0 spiro atoms. The molecule has 0 aliphatic rings. The van der Waals surface area contributed by atoms with Crippen LogP contribution in [0.2, 0.25) is 0 Å². The van der Waals surface area contributed by atoms with Gasteiger partial charge in [-0.25, -0.2) is 23.5 Å². The third-order valence-corrected chi connectivity index (χ3v) is 5.23. The smallest absolute Gasteiger partial charge is 0.337 e. The van der Waals surface area contributed by atoms with Gasteiger partial charge in [0.15, 0.2) is 11.2 Å². The first kappa shape index (κ1) is 22.2. The number of aromatic nitrogens is 4. The minimum atomic E-state index is -0.536. The molecule has 0 saturated carbocycles. The van der Waals surface area contributed by atoms with E-state index in [9.17, 15) is 18.8 Å². The highest BCUT2D eigenvalue weighted by Crippen LogP contribution is 2.16. The molecule has 4 aromatic rings. The molecule has 0 radical (unpaired) electrons. The van der Waals surface area contributed by atoms with Crippen LogP contribution in [0.4, 0.5) is 4.39 Å². The predicted molar refractivity (Wildman–Crippen MR) is 121 cm³/mol. The molecule has 33 heavy (non-hydrogen) atoms. The summed E-state index contributed by atoms with van der Waals surface area (Å²) in [5.74, 6) is -0.853. The second-order valence-electron chi connectivity index (χ2n) is 8.14. The van der Waals surface area contributed by atoms with E-state index in [0.29, 0.717) is 11.3 Å². The quantitative estimate of drug-likeness (QED) is 0.422. The highest BCUT2D eigenvalue weighted by Gasteiger charge is 2.20. The fourth-order valence-electron chi connectivity index (χ4n) is 3.76. The molecule has 4 rings (SSSR count). The van der Waals surface area contributed by atoms with Crippen molar-refractivity contribution in [2.75, 3.05) is 7.11 Å². The molecule has 2 aromatic heterocycles. The maximum absolute atomic E-state index is 13.5. The molecular weight excluding hydrogens is 427 g/mol. The van der Waals surface area contributed by atoms with E-state index in [2.05, 4.69) is 4.98 Å². The number of ether oxygens (including phenoxy) is 1. The van der Waals surface area contributed by atoms with Crippen LogP contribution in [0.3, 0.4) is 0 Å². The van der Waals surface area contributed by atoms with Gasteiger partial charge in [0.25, 0.3) is 5.56 Å². The van der Waals surface area contributed by atoms with E-state index in [1.807, 2.05) is 19.9 Å². The van der Waals surface area contributed by atoms with E-state index >= 15 is 0 Å². The summed E-state index contributed by atoms with van der Waals surface area (Å²) in [6.07, 6.45) is 1.48. The van der Waals surface area contributed by atoms with E-state index in [1.165, 1.54) is 46.8 Å². The summed E-state index contributed by atoms with van der Waals surface area (Å²) < 4.78 is 22.4. The number of rotatable bonds is 6. The topological polar surface area (TPSA) is 88.1 Å². The summed E-state index contributed by atoms with van der Waals surface area (Å²) in [4.78, 5) is 42.9. The number of esters is 1. The first-order valence-corrected chi connectivity index (χ1v) is 10.4. The highest BCUT2D eigenvalue weighted by atomic mass is 19.1. The Labute approximate surface area is 188 Å². The van der Waals surface area contributed by atoms with Crippen molar-refractivity contribution >= 4 is 17.1 Å². The average molecular weight is 450 g/mol. The lowest BCUT2D eigenvalue weighted by molar-refractivity contribution is 0.0600. The fraction of sp³-hybridized carbons (Fsp3) is 0.250. The Morgan fingerprint density at radius 1 is 1.12 bits per heavy atom. The lowest BCUT2D eigenvalue weighted by Crippen LogP contribution is -2.41. The number of fused-ring (bicyclic) bond motifs is 1. The Balaban J connectivity index is 1.93. The lowest BCUT2D eigenvalue weighted by atomic mass is 10.1. The van der Waals surface area contributed by atoms with Crippen LogP contribution >= 0.6 is 0 Å². The summed E-state index contributed by atoms with van der Waals surface area (Å²) in [6.45, 7) is 4.29. The summed E-state index contributed by atoms with van der Waals surface area (Å²) in [6, 6.07) is 12.3. The Hall–Kier alpha value is -4.01. The third-order valence-electron chi connectivity index (χ3n) is 5.23. The molecule has 0 unspecified atom stereocenters. The molecular formula is C24H23FN4O4. The average Bonchev–Trinajstić information content (AvgIpc) is 3.20. The third kappa shape index (κ3) is 4.21. The van der Waals surface area contributed by atoms with E-state index in [-0.39, 0.29) is 30.2 Å². The highest BCUT2D eigenvalue weighted by molar-refractivity contribution is 5.89. The number of imidazole rings is 1. The standard InChI is InChI=1S/C24H23FN4O4/c1-15(2)12-28-22(30)20-21(29(24(28)32)19-9-7-18(25)8-10-19)26-14-27(20)13-16-5-4-6-17(11-16)23(31)33-3/h4-11,14-15H,12-13H2,1-3H3. The SMILES string of the molecule is COC(=O)c1cccc(Cn2cnc3c2c(=O)n(CC(C)C)c(=O)n3-c2ccc(F)cc2)c1. The van der Waals surface area contributed by atoms with Gasteiger partial charge < -0.3 is 9.30 Å². The number of hydrogen-bond acceptors (Lipinski definition) is 5. The Bertz CT molecular complexity index is 1450. The van der Waals surface area contributed by atoms with Crippen LogP contribution in [-0.2, 0) is 17.8 Å². The fourth-order valence-corrected chi connectivity index (χ4v) is 3.76. The summed E-state index contributed by atoms with van der Waals surface area (Å²) in [7, 11) is 1.31. The van der Waals surface area contributed by atoms with Gasteiger partial charge in [0.1, 0.15) is 5.82 Å². The largest absolute Gasteiger partial charge is 0.465 e. The first-order valence-electron chi connectivity index (χ1n) is 10.4. The van der Waals surface area contributed by atoms with Crippen molar-refractivity contribution in [2.45, 2.75) is 26.9 Å². The zero-order valence-electron chi connectivity index (χ0n) is 18.5. The normalized spacial score (nSPS) is 11.3. The van der Waals surface area contributed by atoms with E-state index < -0.39 is 23.0 Å². The van der Waals surface area contributed by atoms with Crippen LogP contribution < -0.4 is 11.2 Å².